The quantitative estimate of drug-likeness (QED) is 0.0574. The van der Waals surface area contributed by atoms with Gasteiger partial charge in [0, 0.05) is 20.0 Å². The lowest BCUT2D eigenvalue weighted by Crippen LogP contribution is -2.65. The zero-order chi connectivity index (χ0) is 35.9. The van der Waals surface area contributed by atoms with Crippen molar-refractivity contribution in [2.45, 2.75) is 186 Å². The molecule has 3 aliphatic rings. The molecule has 0 bridgehead atoms. The number of carbonyl (C=O) groups excluding carboxylic acids is 2. The second-order valence-corrected chi connectivity index (χ2v) is 21.5. The van der Waals surface area contributed by atoms with Gasteiger partial charge in [0.05, 0.1) is 6.61 Å². The zero-order valence-corrected chi connectivity index (χ0v) is 33.4. The fourth-order valence-electron chi connectivity index (χ4n) is 5.82. The predicted molar refractivity (Wildman–Crippen MR) is 184 cm³/mol. The maximum absolute atomic E-state index is 12.6. The van der Waals surface area contributed by atoms with Crippen LogP contribution in [0.4, 0.5) is 0 Å². The Balaban J connectivity index is 1.78. The van der Waals surface area contributed by atoms with E-state index >= 15 is 0 Å². The molecule has 0 spiro atoms. The third-order valence-electron chi connectivity index (χ3n) is 9.28. The van der Waals surface area contributed by atoms with E-state index < -0.39 is 71.2 Å². The molecule has 48 heavy (non-hydrogen) atoms. The van der Waals surface area contributed by atoms with Crippen LogP contribution in [-0.2, 0) is 56.0 Å². The highest BCUT2D eigenvalue weighted by atomic mass is 31.2. The second kappa shape index (κ2) is 17.7. The Kier molecular flexibility index (Phi) is 15.3. The molecule has 1 aliphatic carbocycles. The van der Waals surface area contributed by atoms with Gasteiger partial charge in [-0.25, -0.2) is 0 Å². The highest BCUT2D eigenvalue weighted by molar-refractivity contribution is 7.41. The van der Waals surface area contributed by atoms with E-state index in [9.17, 15) is 9.59 Å². The van der Waals surface area contributed by atoms with Crippen molar-refractivity contribution in [1.29, 1.82) is 0 Å². The number of esters is 2. The number of hydrogen-bond acceptors (Lipinski definition) is 12. The van der Waals surface area contributed by atoms with Crippen LogP contribution in [0.1, 0.15) is 114 Å². The summed E-state index contributed by atoms with van der Waals surface area (Å²) in [7, 11) is -2.79. The fraction of sp³-hybridized carbons (Fsp3) is 0.941. The van der Waals surface area contributed by atoms with Crippen LogP contribution < -0.4 is 0 Å². The molecule has 280 valence electrons. The Bertz CT molecular complexity index is 1000. The summed E-state index contributed by atoms with van der Waals surface area (Å²) in [6.07, 6.45) is 1.75. The molecule has 0 aromatic carbocycles. The van der Waals surface area contributed by atoms with Crippen molar-refractivity contribution < 1.29 is 56.0 Å². The Labute approximate surface area is 290 Å². The highest BCUT2D eigenvalue weighted by Gasteiger charge is 2.65. The zero-order valence-electron chi connectivity index (χ0n) is 31.5. The van der Waals surface area contributed by atoms with E-state index in [4.69, 9.17) is 46.4 Å². The van der Waals surface area contributed by atoms with Gasteiger partial charge in [-0.1, -0.05) is 60.3 Å². The van der Waals surface area contributed by atoms with Crippen LogP contribution in [0.15, 0.2) is 0 Å². The first-order valence-electron chi connectivity index (χ1n) is 17.7. The molecule has 0 amide bonds. The molecule has 1 saturated carbocycles. The van der Waals surface area contributed by atoms with Crippen molar-refractivity contribution in [2.24, 2.45) is 0 Å². The first kappa shape index (κ1) is 41.7. The number of hydrogen-bond donors (Lipinski definition) is 0. The Morgan fingerprint density at radius 1 is 0.771 bits per heavy atom. The summed E-state index contributed by atoms with van der Waals surface area (Å²) in [4.78, 5) is 25.0. The molecule has 3 fully saturated rings. The molecular weight excluding hydrogens is 659 g/mol. The normalized spacial score (nSPS) is 29.2. The molecule has 12 nitrogen and oxygen atoms in total. The molecule has 0 radical (unpaired) electrons. The molecule has 3 unspecified atom stereocenters. The SMILES string of the molecule is CCCCCC(=O)OC[C@H](COP(OC)OC1[C@@H]2OC(C)(C)O[C@@H]2C(O[Si](C)(C)C(C)(C)C)[C@@H]2OC(C)(C)O[C@@H]12)OC(=O)CCCCC. The molecule has 2 heterocycles. The summed E-state index contributed by atoms with van der Waals surface area (Å²) < 4.78 is 62.4. The molecule has 2 saturated heterocycles. The van der Waals surface area contributed by atoms with E-state index in [0.29, 0.717) is 6.42 Å². The van der Waals surface area contributed by atoms with Gasteiger partial charge in [0.15, 0.2) is 26.0 Å². The molecular formula is C34H63O12PSi. The Hall–Kier alpha value is -0.733. The van der Waals surface area contributed by atoms with Crippen molar-refractivity contribution in [3.05, 3.63) is 0 Å². The van der Waals surface area contributed by atoms with Gasteiger partial charge >= 0.3 is 20.5 Å². The minimum absolute atomic E-state index is 0.0483. The summed E-state index contributed by atoms with van der Waals surface area (Å²) in [5.41, 5.74) is 0. The van der Waals surface area contributed by atoms with E-state index in [1.54, 1.807) is 0 Å². The number of unbranched alkanes of at least 4 members (excludes halogenated alkanes) is 4. The van der Waals surface area contributed by atoms with Crippen molar-refractivity contribution in [2.75, 3.05) is 20.3 Å². The van der Waals surface area contributed by atoms with Crippen LogP contribution in [-0.4, -0.2) is 94.9 Å². The van der Waals surface area contributed by atoms with Crippen molar-refractivity contribution in [3.8, 4) is 0 Å². The van der Waals surface area contributed by atoms with E-state index in [1.165, 1.54) is 7.11 Å². The van der Waals surface area contributed by atoms with Gasteiger partial charge in [-0.3, -0.25) is 9.59 Å². The van der Waals surface area contributed by atoms with Crippen LogP contribution in [0, 0.1) is 0 Å². The molecule has 0 aromatic heterocycles. The van der Waals surface area contributed by atoms with Crippen LogP contribution in [0.5, 0.6) is 0 Å². The van der Waals surface area contributed by atoms with Gasteiger partial charge in [0.2, 0.25) is 0 Å². The summed E-state index contributed by atoms with van der Waals surface area (Å²) in [6, 6.07) is 0. The molecule has 14 heteroatoms. The first-order valence-corrected chi connectivity index (χ1v) is 21.7. The maximum atomic E-state index is 12.6. The smallest absolute Gasteiger partial charge is 0.332 e. The summed E-state index contributed by atoms with van der Waals surface area (Å²) in [5, 5.41) is -0.0483. The third-order valence-corrected chi connectivity index (χ3v) is 14.8. The lowest BCUT2D eigenvalue weighted by atomic mass is 9.85. The fourth-order valence-corrected chi connectivity index (χ4v) is 8.10. The maximum Gasteiger partial charge on any atom is 0.332 e. The van der Waals surface area contributed by atoms with Gasteiger partial charge in [-0.2, -0.15) is 0 Å². The summed E-state index contributed by atoms with van der Waals surface area (Å²) >= 11 is 0. The van der Waals surface area contributed by atoms with Crippen LogP contribution >= 0.6 is 8.60 Å². The molecule has 3 rings (SSSR count). The van der Waals surface area contributed by atoms with Crippen LogP contribution in [0.3, 0.4) is 0 Å². The Morgan fingerprint density at radius 3 is 1.71 bits per heavy atom. The lowest BCUT2D eigenvalue weighted by molar-refractivity contribution is -0.181. The van der Waals surface area contributed by atoms with Gasteiger partial charge < -0.3 is 46.4 Å². The third kappa shape index (κ3) is 11.6. The van der Waals surface area contributed by atoms with Crippen LogP contribution in [0.25, 0.3) is 0 Å². The Morgan fingerprint density at radius 2 is 1.25 bits per heavy atom. The van der Waals surface area contributed by atoms with E-state index in [1.807, 2.05) is 27.7 Å². The average molecular weight is 723 g/mol. The molecule has 8 atom stereocenters. The average Bonchev–Trinajstić information content (AvgIpc) is 3.48. The molecule has 0 aromatic rings. The summed E-state index contributed by atoms with van der Waals surface area (Å²) in [5.74, 6) is -2.52. The minimum Gasteiger partial charge on any atom is -0.462 e. The van der Waals surface area contributed by atoms with Gasteiger partial charge in [-0.05, 0) is 58.7 Å². The van der Waals surface area contributed by atoms with E-state index in [2.05, 4.69) is 47.7 Å². The topological polar surface area (TPSA) is 126 Å². The largest absolute Gasteiger partial charge is 0.462 e. The number of fused-ring (bicyclic) bond motifs is 2. The standard InChI is InChI=1S/C34H63O12PSi/c1-13-15-17-19-24(35)38-21-23(40-25(36)20-18-16-14-2)22-39-47(37-10)45-30-26-28(43-33(6,7)41-26)31(46-48(11,12)32(3,4)5)29-27(30)42-34(8,9)44-29/h23,26-31H,13-22H2,1-12H3/t23-,26-,27-,28-,29+,30?,31?,47?/m1/s1. The highest BCUT2D eigenvalue weighted by Crippen LogP contribution is 2.52. The molecule has 0 N–H and O–H groups in total. The first-order chi connectivity index (χ1) is 22.3. The molecule has 2 aliphatic heterocycles. The summed E-state index contributed by atoms with van der Waals surface area (Å²) in [6.45, 7) is 22.4. The minimum atomic E-state index is -2.28. The monoisotopic (exact) mass is 722 g/mol. The van der Waals surface area contributed by atoms with Crippen molar-refractivity contribution in [1.82, 2.24) is 0 Å². The van der Waals surface area contributed by atoms with Gasteiger partial charge in [0.1, 0.15) is 43.2 Å². The van der Waals surface area contributed by atoms with Gasteiger partial charge in [-0.15, -0.1) is 0 Å². The van der Waals surface area contributed by atoms with E-state index in [0.717, 1.165) is 38.5 Å². The number of rotatable bonds is 19. The number of ether oxygens (including phenoxy) is 6. The second-order valence-electron chi connectivity index (χ2n) is 15.5. The van der Waals surface area contributed by atoms with Crippen LogP contribution in [0.2, 0.25) is 18.1 Å². The lowest BCUT2D eigenvalue weighted by Gasteiger charge is -2.47. The van der Waals surface area contributed by atoms with Crippen molar-refractivity contribution >= 4 is 28.9 Å². The number of carbonyl (C=O) groups is 2. The van der Waals surface area contributed by atoms with Gasteiger partial charge in [0.25, 0.3) is 0 Å². The van der Waals surface area contributed by atoms with E-state index in [-0.39, 0.29) is 36.6 Å². The van der Waals surface area contributed by atoms with Crippen molar-refractivity contribution in [3.63, 3.8) is 0 Å². The predicted octanol–water partition coefficient (Wildman–Crippen LogP) is 7.32.